The first-order chi connectivity index (χ1) is 12.5. The monoisotopic (exact) mass is 355 g/mol. The summed E-state index contributed by atoms with van der Waals surface area (Å²) in [5, 5.41) is 3.42. The number of anilines is 1. The van der Waals surface area contributed by atoms with Gasteiger partial charge in [-0.1, -0.05) is 18.2 Å². The van der Waals surface area contributed by atoms with Crippen LogP contribution in [0.1, 0.15) is 28.8 Å². The van der Waals surface area contributed by atoms with Crippen LogP contribution in [0.5, 0.6) is 0 Å². The van der Waals surface area contributed by atoms with Crippen molar-refractivity contribution in [2.75, 3.05) is 32.5 Å². The molecule has 1 saturated heterocycles. The van der Waals surface area contributed by atoms with Gasteiger partial charge in [-0.05, 0) is 62.8 Å². The number of hydrogen-bond donors (Lipinski definition) is 1. The van der Waals surface area contributed by atoms with E-state index in [2.05, 4.69) is 10.2 Å². The van der Waals surface area contributed by atoms with Crippen LogP contribution in [0.15, 0.2) is 48.5 Å². The molecule has 138 valence electrons. The topological polar surface area (TPSA) is 35.6 Å². The Morgan fingerprint density at radius 2 is 1.92 bits per heavy atom. The lowest BCUT2D eigenvalue weighted by Gasteiger charge is -2.34. The Labute approximate surface area is 154 Å². The number of likely N-dealkylation sites (tertiary alicyclic amines) is 1. The minimum atomic E-state index is -0.242. The van der Waals surface area contributed by atoms with Crippen molar-refractivity contribution in [1.29, 1.82) is 0 Å². The molecule has 0 aromatic heterocycles. The van der Waals surface area contributed by atoms with Crippen molar-refractivity contribution < 1.29 is 9.18 Å². The number of hydrogen-bond acceptors (Lipinski definition) is 3. The van der Waals surface area contributed by atoms with E-state index in [0.717, 1.165) is 42.7 Å². The van der Waals surface area contributed by atoms with Gasteiger partial charge in [-0.25, -0.2) is 4.39 Å². The third-order valence-corrected chi connectivity index (χ3v) is 4.66. The Morgan fingerprint density at radius 3 is 2.65 bits per heavy atom. The first-order valence-corrected chi connectivity index (χ1v) is 9.07. The largest absolute Gasteiger partial charge is 0.381 e. The SMILES string of the molecule is CN(C)Cc1ccccc1C(=O)N1CCC[C@@H](Nc2ccc(F)cc2)C1. The molecule has 0 aliphatic carbocycles. The maximum absolute atomic E-state index is 13.1. The van der Waals surface area contributed by atoms with Crippen LogP contribution in [0.4, 0.5) is 10.1 Å². The van der Waals surface area contributed by atoms with E-state index in [1.54, 1.807) is 12.1 Å². The van der Waals surface area contributed by atoms with E-state index in [0.29, 0.717) is 6.54 Å². The van der Waals surface area contributed by atoms with E-state index in [4.69, 9.17) is 0 Å². The Bertz CT molecular complexity index is 745. The zero-order valence-corrected chi connectivity index (χ0v) is 15.4. The smallest absolute Gasteiger partial charge is 0.254 e. The molecule has 1 aliphatic rings. The van der Waals surface area contributed by atoms with Crippen LogP contribution < -0.4 is 5.32 Å². The zero-order valence-electron chi connectivity index (χ0n) is 15.4. The highest BCUT2D eigenvalue weighted by atomic mass is 19.1. The van der Waals surface area contributed by atoms with Gasteiger partial charge in [0.15, 0.2) is 0 Å². The molecule has 1 N–H and O–H groups in total. The van der Waals surface area contributed by atoms with Gasteiger partial charge in [-0.15, -0.1) is 0 Å². The predicted molar refractivity (Wildman–Crippen MR) is 103 cm³/mol. The minimum Gasteiger partial charge on any atom is -0.381 e. The van der Waals surface area contributed by atoms with Gasteiger partial charge in [0, 0.05) is 36.9 Å². The molecule has 0 saturated carbocycles. The van der Waals surface area contributed by atoms with Gasteiger partial charge in [0.1, 0.15) is 5.82 Å². The molecule has 1 amide bonds. The second-order valence-electron chi connectivity index (χ2n) is 7.14. The number of amides is 1. The first-order valence-electron chi connectivity index (χ1n) is 9.07. The first kappa shape index (κ1) is 18.4. The maximum atomic E-state index is 13.1. The summed E-state index contributed by atoms with van der Waals surface area (Å²) >= 11 is 0. The molecular weight excluding hydrogens is 329 g/mol. The summed E-state index contributed by atoms with van der Waals surface area (Å²) in [6.07, 6.45) is 1.96. The number of nitrogens with one attached hydrogen (secondary N) is 1. The van der Waals surface area contributed by atoms with E-state index in [1.807, 2.05) is 43.3 Å². The van der Waals surface area contributed by atoms with E-state index in [-0.39, 0.29) is 17.8 Å². The van der Waals surface area contributed by atoms with Crippen LogP contribution in [-0.4, -0.2) is 48.9 Å². The molecule has 1 fully saturated rings. The summed E-state index contributed by atoms with van der Waals surface area (Å²) in [6, 6.07) is 14.4. The number of rotatable bonds is 5. The molecule has 1 atom stereocenters. The Kier molecular flexibility index (Phi) is 5.89. The van der Waals surface area contributed by atoms with Crippen molar-refractivity contribution in [3.8, 4) is 0 Å². The van der Waals surface area contributed by atoms with Gasteiger partial charge in [-0.3, -0.25) is 4.79 Å². The Morgan fingerprint density at radius 1 is 1.19 bits per heavy atom. The molecule has 0 unspecified atom stereocenters. The van der Waals surface area contributed by atoms with Crippen LogP contribution in [0.3, 0.4) is 0 Å². The lowest BCUT2D eigenvalue weighted by Crippen LogP contribution is -2.45. The highest BCUT2D eigenvalue weighted by Crippen LogP contribution is 2.20. The summed E-state index contributed by atoms with van der Waals surface area (Å²) in [5.74, 6) is -0.151. The number of halogens is 1. The van der Waals surface area contributed by atoms with E-state index in [9.17, 15) is 9.18 Å². The van der Waals surface area contributed by atoms with Crippen molar-refractivity contribution in [2.45, 2.75) is 25.4 Å². The second-order valence-corrected chi connectivity index (χ2v) is 7.14. The van der Waals surface area contributed by atoms with Crippen LogP contribution >= 0.6 is 0 Å². The highest BCUT2D eigenvalue weighted by molar-refractivity contribution is 5.95. The number of carbonyl (C=O) groups is 1. The molecule has 2 aromatic rings. The summed E-state index contributed by atoms with van der Waals surface area (Å²) in [4.78, 5) is 17.1. The van der Waals surface area contributed by atoms with Gasteiger partial charge in [0.05, 0.1) is 0 Å². The Hall–Kier alpha value is -2.40. The molecule has 2 aromatic carbocycles. The van der Waals surface area contributed by atoms with Crippen LogP contribution in [-0.2, 0) is 6.54 Å². The van der Waals surface area contributed by atoms with E-state index < -0.39 is 0 Å². The fourth-order valence-corrected chi connectivity index (χ4v) is 3.44. The second kappa shape index (κ2) is 8.32. The van der Waals surface area contributed by atoms with Gasteiger partial charge < -0.3 is 15.1 Å². The summed E-state index contributed by atoms with van der Waals surface area (Å²) < 4.78 is 13.1. The van der Waals surface area contributed by atoms with Crippen molar-refractivity contribution in [2.24, 2.45) is 0 Å². The Balaban J connectivity index is 1.69. The van der Waals surface area contributed by atoms with E-state index >= 15 is 0 Å². The van der Waals surface area contributed by atoms with E-state index in [1.165, 1.54) is 12.1 Å². The quantitative estimate of drug-likeness (QED) is 0.890. The van der Waals surface area contributed by atoms with Crippen molar-refractivity contribution in [3.05, 3.63) is 65.5 Å². The summed E-state index contributed by atoms with van der Waals surface area (Å²) in [6.45, 7) is 2.18. The average molecular weight is 355 g/mol. The average Bonchev–Trinajstić information content (AvgIpc) is 2.63. The third kappa shape index (κ3) is 4.61. The summed E-state index contributed by atoms with van der Waals surface area (Å²) in [5.41, 5.74) is 2.72. The van der Waals surface area contributed by atoms with Crippen molar-refractivity contribution >= 4 is 11.6 Å². The van der Waals surface area contributed by atoms with Gasteiger partial charge >= 0.3 is 0 Å². The fraction of sp³-hybridized carbons (Fsp3) is 0.381. The molecule has 3 rings (SSSR count). The van der Waals surface area contributed by atoms with Crippen LogP contribution in [0.2, 0.25) is 0 Å². The zero-order chi connectivity index (χ0) is 18.5. The molecule has 0 bridgehead atoms. The molecular formula is C21H26FN3O. The standard InChI is InChI=1S/C21H26FN3O/c1-24(2)14-16-6-3-4-8-20(16)21(26)25-13-5-7-19(15-25)23-18-11-9-17(22)10-12-18/h3-4,6,8-12,19,23H,5,7,13-15H2,1-2H3/t19-/m1/s1. The van der Waals surface area contributed by atoms with Crippen molar-refractivity contribution in [3.63, 3.8) is 0 Å². The molecule has 0 spiro atoms. The fourth-order valence-electron chi connectivity index (χ4n) is 3.44. The number of carbonyl (C=O) groups excluding carboxylic acids is 1. The normalized spacial score (nSPS) is 17.4. The predicted octanol–water partition coefficient (Wildman–Crippen LogP) is 3.60. The number of piperidine rings is 1. The molecule has 1 heterocycles. The summed E-state index contributed by atoms with van der Waals surface area (Å²) in [7, 11) is 4.01. The molecule has 0 radical (unpaired) electrons. The molecule has 26 heavy (non-hydrogen) atoms. The van der Waals surface area contributed by atoms with Crippen LogP contribution in [0.25, 0.3) is 0 Å². The number of nitrogens with zero attached hydrogens (tertiary/aromatic N) is 2. The maximum Gasteiger partial charge on any atom is 0.254 e. The molecule has 1 aliphatic heterocycles. The van der Waals surface area contributed by atoms with Gasteiger partial charge in [-0.2, -0.15) is 0 Å². The lowest BCUT2D eigenvalue weighted by molar-refractivity contribution is 0.0713. The molecule has 5 heteroatoms. The van der Waals surface area contributed by atoms with Crippen molar-refractivity contribution in [1.82, 2.24) is 9.80 Å². The third-order valence-electron chi connectivity index (χ3n) is 4.66. The lowest BCUT2D eigenvalue weighted by atomic mass is 10.0. The molecule has 4 nitrogen and oxygen atoms in total. The highest BCUT2D eigenvalue weighted by Gasteiger charge is 2.25. The van der Waals surface area contributed by atoms with Crippen LogP contribution in [0, 0.1) is 5.82 Å². The number of benzene rings is 2. The van der Waals surface area contributed by atoms with Gasteiger partial charge in [0.2, 0.25) is 0 Å². The minimum absolute atomic E-state index is 0.0908. The van der Waals surface area contributed by atoms with Gasteiger partial charge in [0.25, 0.3) is 5.91 Å².